The van der Waals surface area contributed by atoms with Crippen LogP contribution in [-0.2, 0) is 0 Å². The van der Waals surface area contributed by atoms with Crippen molar-refractivity contribution < 1.29 is 4.79 Å². The quantitative estimate of drug-likeness (QED) is 0.909. The number of carbonyl (C=O) groups excluding carboxylic acids is 1. The molecule has 2 aromatic rings. The molecule has 0 bridgehead atoms. The Morgan fingerprint density at radius 2 is 2.05 bits per heavy atom. The van der Waals surface area contributed by atoms with E-state index in [0.717, 1.165) is 0 Å². The minimum atomic E-state index is -0.463. The number of halogens is 1. The molecule has 1 aromatic heterocycles. The van der Waals surface area contributed by atoms with Crippen LogP contribution in [0.15, 0.2) is 36.4 Å². The van der Waals surface area contributed by atoms with Crippen molar-refractivity contribution in [1.29, 1.82) is 5.26 Å². The number of nitriles is 1. The lowest BCUT2D eigenvalue weighted by Gasteiger charge is -2.08. The first-order chi connectivity index (χ1) is 9.65. The molecule has 100 valence electrons. The van der Waals surface area contributed by atoms with Gasteiger partial charge in [0.1, 0.15) is 17.6 Å². The predicted molar refractivity (Wildman–Crippen MR) is 77.9 cm³/mol. The summed E-state index contributed by atoms with van der Waals surface area (Å²) in [6.45, 7) is 0. The molecule has 0 saturated heterocycles. The van der Waals surface area contributed by atoms with E-state index in [1.165, 1.54) is 0 Å². The SMILES string of the molecule is CNc1ccc(Cl)c(C(=O)Nc2ccccc2C#N)n1. The minimum absolute atomic E-state index is 0.103. The van der Waals surface area contributed by atoms with Crippen LogP contribution in [0.4, 0.5) is 11.5 Å². The molecule has 0 spiro atoms. The van der Waals surface area contributed by atoms with Gasteiger partial charge in [0, 0.05) is 7.05 Å². The van der Waals surface area contributed by atoms with E-state index in [-0.39, 0.29) is 10.7 Å². The molecule has 0 aliphatic heterocycles. The molecule has 0 fully saturated rings. The molecule has 0 atom stereocenters. The number of nitrogens with zero attached hydrogens (tertiary/aromatic N) is 2. The fourth-order valence-electron chi connectivity index (χ4n) is 1.61. The lowest BCUT2D eigenvalue weighted by molar-refractivity contribution is 0.102. The molecule has 0 radical (unpaired) electrons. The molecule has 1 heterocycles. The lowest BCUT2D eigenvalue weighted by atomic mass is 10.2. The van der Waals surface area contributed by atoms with E-state index in [2.05, 4.69) is 15.6 Å². The Hall–Kier alpha value is -2.58. The Morgan fingerprint density at radius 3 is 2.75 bits per heavy atom. The summed E-state index contributed by atoms with van der Waals surface area (Å²) < 4.78 is 0. The van der Waals surface area contributed by atoms with Crippen molar-refractivity contribution in [2.24, 2.45) is 0 Å². The molecule has 0 unspecified atom stereocenters. The van der Waals surface area contributed by atoms with Crippen LogP contribution in [-0.4, -0.2) is 17.9 Å². The highest BCUT2D eigenvalue weighted by Crippen LogP contribution is 2.19. The number of benzene rings is 1. The van der Waals surface area contributed by atoms with Crippen molar-refractivity contribution in [2.75, 3.05) is 17.7 Å². The van der Waals surface area contributed by atoms with E-state index in [9.17, 15) is 4.79 Å². The summed E-state index contributed by atoms with van der Waals surface area (Å²) >= 11 is 5.97. The first-order valence-electron chi connectivity index (χ1n) is 5.80. The zero-order chi connectivity index (χ0) is 14.5. The molecule has 1 amide bonds. The monoisotopic (exact) mass is 286 g/mol. The van der Waals surface area contributed by atoms with Crippen molar-refractivity contribution in [3.8, 4) is 6.07 Å². The summed E-state index contributed by atoms with van der Waals surface area (Å²) in [6.07, 6.45) is 0. The van der Waals surface area contributed by atoms with Crippen molar-refractivity contribution in [1.82, 2.24) is 4.98 Å². The Kier molecular flexibility index (Phi) is 4.18. The maximum absolute atomic E-state index is 12.2. The van der Waals surface area contributed by atoms with Crippen LogP contribution in [0.3, 0.4) is 0 Å². The fourth-order valence-corrected chi connectivity index (χ4v) is 1.80. The smallest absolute Gasteiger partial charge is 0.275 e. The largest absolute Gasteiger partial charge is 0.373 e. The Bertz CT molecular complexity index is 694. The maximum atomic E-state index is 12.2. The van der Waals surface area contributed by atoms with Gasteiger partial charge in [-0.2, -0.15) is 5.26 Å². The van der Waals surface area contributed by atoms with Crippen LogP contribution in [0.5, 0.6) is 0 Å². The predicted octanol–water partition coefficient (Wildman–Crippen LogP) is 2.90. The van der Waals surface area contributed by atoms with E-state index >= 15 is 0 Å². The number of anilines is 2. The molecule has 0 aliphatic carbocycles. The summed E-state index contributed by atoms with van der Waals surface area (Å²) in [6, 6.07) is 12.0. The Morgan fingerprint density at radius 1 is 1.30 bits per heavy atom. The number of aromatic nitrogens is 1. The highest BCUT2D eigenvalue weighted by molar-refractivity contribution is 6.34. The van der Waals surface area contributed by atoms with Gasteiger partial charge in [0.05, 0.1) is 16.3 Å². The van der Waals surface area contributed by atoms with Gasteiger partial charge in [0.25, 0.3) is 5.91 Å². The van der Waals surface area contributed by atoms with Gasteiger partial charge in [-0.3, -0.25) is 4.79 Å². The molecule has 2 rings (SSSR count). The fraction of sp³-hybridized carbons (Fsp3) is 0.0714. The molecule has 2 N–H and O–H groups in total. The standard InChI is InChI=1S/C14H11ClN4O/c1-17-12-7-6-10(15)13(19-12)14(20)18-11-5-3-2-4-9(11)8-16/h2-7H,1H3,(H,17,19)(H,18,20). The minimum Gasteiger partial charge on any atom is -0.373 e. The highest BCUT2D eigenvalue weighted by atomic mass is 35.5. The number of nitrogens with one attached hydrogen (secondary N) is 2. The second-order valence-electron chi connectivity index (χ2n) is 3.89. The van der Waals surface area contributed by atoms with Gasteiger partial charge >= 0.3 is 0 Å². The highest BCUT2D eigenvalue weighted by Gasteiger charge is 2.14. The molecule has 6 heteroatoms. The van der Waals surface area contributed by atoms with Crippen LogP contribution in [0.25, 0.3) is 0 Å². The third-order valence-electron chi connectivity index (χ3n) is 2.61. The zero-order valence-corrected chi connectivity index (χ0v) is 11.4. The van der Waals surface area contributed by atoms with Crippen LogP contribution < -0.4 is 10.6 Å². The Labute approximate surface area is 121 Å². The van der Waals surface area contributed by atoms with Gasteiger partial charge in [0.2, 0.25) is 0 Å². The average Bonchev–Trinajstić information content (AvgIpc) is 2.48. The van der Waals surface area contributed by atoms with Gasteiger partial charge in [-0.15, -0.1) is 0 Å². The van der Waals surface area contributed by atoms with Gasteiger partial charge in [-0.1, -0.05) is 23.7 Å². The van der Waals surface area contributed by atoms with Gasteiger partial charge in [-0.05, 0) is 24.3 Å². The Balaban J connectivity index is 2.31. The van der Waals surface area contributed by atoms with E-state index < -0.39 is 5.91 Å². The number of para-hydroxylation sites is 1. The summed E-state index contributed by atoms with van der Waals surface area (Å²) in [5, 5.41) is 14.7. The summed E-state index contributed by atoms with van der Waals surface area (Å²) in [5.74, 6) is 0.0721. The number of hydrogen-bond donors (Lipinski definition) is 2. The van der Waals surface area contributed by atoms with Crippen molar-refractivity contribution in [3.05, 3.63) is 52.7 Å². The molecule has 5 nitrogen and oxygen atoms in total. The summed E-state index contributed by atoms with van der Waals surface area (Å²) in [7, 11) is 1.70. The maximum Gasteiger partial charge on any atom is 0.275 e. The second kappa shape index (κ2) is 6.04. The summed E-state index contributed by atoms with van der Waals surface area (Å²) in [4.78, 5) is 16.3. The van der Waals surface area contributed by atoms with Gasteiger partial charge in [-0.25, -0.2) is 4.98 Å². The average molecular weight is 287 g/mol. The number of hydrogen-bond acceptors (Lipinski definition) is 4. The number of amides is 1. The first-order valence-corrected chi connectivity index (χ1v) is 6.18. The van der Waals surface area contributed by atoms with Gasteiger partial charge < -0.3 is 10.6 Å². The summed E-state index contributed by atoms with van der Waals surface area (Å²) in [5.41, 5.74) is 0.903. The van der Waals surface area contributed by atoms with Crippen molar-refractivity contribution >= 4 is 29.0 Å². The third-order valence-corrected chi connectivity index (χ3v) is 2.92. The van der Waals surface area contributed by atoms with Crippen LogP contribution in [0.1, 0.15) is 16.1 Å². The second-order valence-corrected chi connectivity index (χ2v) is 4.30. The number of rotatable bonds is 3. The molecule has 0 aliphatic rings. The van der Waals surface area contributed by atoms with Gasteiger partial charge in [0.15, 0.2) is 0 Å². The van der Waals surface area contributed by atoms with Crippen LogP contribution in [0.2, 0.25) is 5.02 Å². The van der Waals surface area contributed by atoms with Crippen LogP contribution in [0, 0.1) is 11.3 Å². The number of pyridine rings is 1. The molecule has 0 saturated carbocycles. The molecule has 1 aromatic carbocycles. The van der Waals surface area contributed by atoms with Crippen LogP contribution >= 0.6 is 11.6 Å². The molecule has 20 heavy (non-hydrogen) atoms. The number of carbonyl (C=O) groups is 1. The zero-order valence-electron chi connectivity index (χ0n) is 10.6. The lowest BCUT2D eigenvalue weighted by Crippen LogP contribution is -2.15. The third kappa shape index (κ3) is 2.87. The normalized spacial score (nSPS) is 9.65. The molecular formula is C14H11ClN4O. The van der Waals surface area contributed by atoms with Crippen molar-refractivity contribution in [2.45, 2.75) is 0 Å². The topological polar surface area (TPSA) is 77.8 Å². The van der Waals surface area contributed by atoms with E-state index in [1.807, 2.05) is 6.07 Å². The van der Waals surface area contributed by atoms with E-state index in [4.69, 9.17) is 16.9 Å². The van der Waals surface area contributed by atoms with Crippen molar-refractivity contribution in [3.63, 3.8) is 0 Å². The van der Waals surface area contributed by atoms with E-state index in [0.29, 0.717) is 17.1 Å². The molecular weight excluding hydrogens is 276 g/mol. The first kappa shape index (κ1) is 13.8. The van der Waals surface area contributed by atoms with E-state index in [1.54, 1.807) is 43.4 Å².